The second kappa shape index (κ2) is 7.09. The highest BCUT2D eigenvalue weighted by Gasteiger charge is 2.08. The third-order valence-corrected chi connectivity index (χ3v) is 3.54. The Bertz CT molecular complexity index is 529. The number of anilines is 2. The fourth-order valence-electron chi connectivity index (χ4n) is 1.66. The van der Waals surface area contributed by atoms with E-state index in [1.807, 2.05) is 11.8 Å². The Labute approximate surface area is 122 Å². The predicted octanol–water partition coefficient (Wildman–Crippen LogP) is 1.51. The van der Waals surface area contributed by atoms with Crippen LogP contribution < -0.4 is 10.6 Å². The largest absolute Gasteiger partial charge is 0.357 e. The Hall–Kier alpha value is -1.83. The SMILES string of the molecule is CNc1nc(NCC(C)CSC)nc(-n2ccnc2)n1. The minimum absolute atomic E-state index is 0.531. The number of hydrogen-bond donors (Lipinski definition) is 2. The molecule has 0 spiro atoms. The molecule has 0 aliphatic rings. The van der Waals surface area contributed by atoms with Gasteiger partial charge in [-0.1, -0.05) is 6.92 Å². The molecule has 2 rings (SSSR count). The molecule has 0 radical (unpaired) electrons. The van der Waals surface area contributed by atoms with Crippen molar-refractivity contribution in [1.29, 1.82) is 0 Å². The van der Waals surface area contributed by atoms with Crippen LogP contribution in [0.3, 0.4) is 0 Å². The average Bonchev–Trinajstić information content (AvgIpc) is 2.99. The third-order valence-electron chi connectivity index (χ3n) is 2.64. The Morgan fingerprint density at radius 1 is 1.30 bits per heavy atom. The standard InChI is InChI=1S/C12H19N7S/c1-9(7-20-3)6-15-11-16-10(13-2)17-12(18-11)19-5-4-14-8-19/h4-5,8-9H,6-7H2,1-3H3,(H2,13,15,16,17,18). The van der Waals surface area contributed by atoms with Crippen molar-refractivity contribution in [2.75, 3.05) is 36.2 Å². The first-order valence-corrected chi connectivity index (χ1v) is 7.77. The first-order valence-electron chi connectivity index (χ1n) is 6.38. The molecule has 1 atom stereocenters. The van der Waals surface area contributed by atoms with Crippen LogP contribution in [0.1, 0.15) is 6.92 Å². The quantitative estimate of drug-likeness (QED) is 0.801. The normalized spacial score (nSPS) is 12.2. The second-order valence-electron chi connectivity index (χ2n) is 4.44. The van der Waals surface area contributed by atoms with E-state index < -0.39 is 0 Å². The minimum Gasteiger partial charge on any atom is -0.357 e. The molecule has 0 aliphatic carbocycles. The summed E-state index contributed by atoms with van der Waals surface area (Å²) in [7, 11) is 1.78. The van der Waals surface area contributed by atoms with Crippen molar-refractivity contribution in [2.45, 2.75) is 6.92 Å². The molecular formula is C12H19N7S. The Morgan fingerprint density at radius 2 is 2.10 bits per heavy atom. The summed E-state index contributed by atoms with van der Waals surface area (Å²) >= 11 is 1.84. The summed E-state index contributed by atoms with van der Waals surface area (Å²) in [6.07, 6.45) is 7.26. The van der Waals surface area contributed by atoms with Crippen molar-refractivity contribution >= 4 is 23.7 Å². The fraction of sp³-hybridized carbons (Fsp3) is 0.500. The Kier molecular flexibility index (Phi) is 5.16. The lowest BCUT2D eigenvalue weighted by Gasteiger charge is -2.12. The van der Waals surface area contributed by atoms with Crippen LogP contribution in [-0.4, -0.2) is 50.1 Å². The highest BCUT2D eigenvalue weighted by molar-refractivity contribution is 7.98. The van der Waals surface area contributed by atoms with E-state index in [0.717, 1.165) is 12.3 Å². The molecule has 7 nitrogen and oxygen atoms in total. The van der Waals surface area contributed by atoms with E-state index in [9.17, 15) is 0 Å². The topological polar surface area (TPSA) is 80.5 Å². The van der Waals surface area contributed by atoms with Crippen LogP contribution in [-0.2, 0) is 0 Å². The van der Waals surface area contributed by atoms with Gasteiger partial charge in [-0.05, 0) is 17.9 Å². The van der Waals surface area contributed by atoms with Gasteiger partial charge in [0.15, 0.2) is 0 Å². The Balaban J connectivity index is 2.14. The fourth-order valence-corrected chi connectivity index (χ4v) is 2.34. The van der Waals surface area contributed by atoms with Crippen LogP contribution in [0, 0.1) is 5.92 Å². The van der Waals surface area contributed by atoms with Crippen molar-refractivity contribution < 1.29 is 0 Å². The molecule has 0 fully saturated rings. The van der Waals surface area contributed by atoms with Crippen LogP contribution in [0.25, 0.3) is 5.95 Å². The molecule has 0 aromatic carbocycles. The number of nitrogens with zero attached hydrogens (tertiary/aromatic N) is 5. The molecule has 0 aliphatic heterocycles. The average molecular weight is 293 g/mol. The maximum atomic E-state index is 4.40. The highest BCUT2D eigenvalue weighted by atomic mass is 32.2. The predicted molar refractivity (Wildman–Crippen MR) is 82.5 cm³/mol. The van der Waals surface area contributed by atoms with E-state index in [-0.39, 0.29) is 0 Å². The lowest BCUT2D eigenvalue weighted by molar-refractivity contribution is 0.695. The number of aromatic nitrogens is 5. The molecule has 2 aromatic rings. The number of nitrogens with one attached hydrogen (secondary N) is 2. The second-order valence-corrected chi connectivity index (χ2v) is 5.35. The van der Waals surface area contributed by atoms with Gasteiger partial charge in [0.1, 0.15) is 6.33 Å². The molecule has 2 N–H and O–H groups in total. The summed E-state index contributed by atoms with van der Waals surface area (Å²) < 4.78 is 1.75. The summed E-state index contributed by atoms with van der Waals surface area (Å²) in [5.41, 5.74) is 0. The number of rotatable bonds is 7. The van der Waals surface area contributed by atoms with Gasteiger partial charge in [-0.3, -0.25) is 4.57 Å². The molecule has 0 saturated heterocycles. The number of imidazole rings is 1. The van der Waals surface area contributed by atoms with Gasteiger partial charge in [0.2, 0.25) is 17.8 Å². The highest BCUT2D eigenvalue weighted by Crippen LogP contribution is 2.10. The molecule has 2 heterocycles. The molecule has 0 bridgehead atoms. The third kappa shape index (κ3) is 3.83. The van der Waals surface area contributed by atoms with E-state index in [0.29, 0.717) is 23.8 Å². The maximum Gasteiger partial charge on any atom is 0.241 e. The van der Waals surface area contributed by atoms with Gasteiger partial charge in [-0.2, -0.15) is 26.7 Å². The van der Waals surface area contributed by atoms with Gasteiger partial charge in [-0.25, -0.2) is 4.98 Å². The summed E-state index contributed by atoms with van der Waals surface area (Å²) in [6, 6.07) is 0. The first-order chi connectivity index (χ1) is 9.72. The van der Waals surface area contributed by atoms with Gasteiger partial charge in [-0.15, -0.1) is 0 Å². The smallest absolute Gasteiger partial charge is 0.241 e. The van der Waals surface area contributed by atoms with E-state index in [2.05, 4.69) is 43.7 Å². The molecule has 108 valence electrons. The van der Waals surface area contributed by atoms with Gasteiger partial charge in [0, 0.05) is 26.0 Å². The van der Waals surface area contributed by atoms with Crippen molar-refractivity contribution in [3.63, 3.8) is 0 Å². The maximum absolute atomic E-state index is 4.40. The van der Waals surface area contributed by atoms with Crippen molar-refractivity contribution in [2.24, 2.45) is 5.92 Å². The van der Waals surface area contributed by atoms with E-state index >= 15 is 0 Å². The summed E-state index contributed by atoms with van der Waals surface area (Å²) in [5, 5.41) is 6.20. The zero-order valence-electron chi connectivity index (χ0n) is 11.9. The molecule has 0 saturated carbocycles. The molecular weight excluding hydrogens is 274 g/mol. The number of hydrogen-bond acceptors (Lipinski definition) is 7. The van der Waals surface area contributed by atoms with E-state index in [4.69, 9.17) is 0 Å². The summed E-state index contributed by atoms with van der Waals surface area (Å²) in [5.74, 6) is 3.30. The van der Waals surface area contributed by atoms with Gasteiger partial charge in [0.25, 0.3) is 0 Å². The first kappa shape index (κ1) is 14.6. The van der Waals surface area contributed by atoms with Crippen LogP contribution >= 0.6 is 11.8 Å². The van der Waals surface area contributed by atoms with Crippen LogP contribution in [0.5, 0.6) is 0 Å². The van der Waals surface area contributed by atoms with E-state index in [1.54, 1.807) is 30.3 Å². The summed E-state index contributed by atoms with van der Waals surface area (Å²) in [4.78, 5) is 17.0. The van der Waals surface area contributed by atoms with Crippen molar-refractivity contribution in [3.05, 3.63) is 18.7 Å². The molecule has 20 heavy (non-hydrogen) atoms. The molecule has 2 aromatic heterocycles. The lowest BCUT2D eigenvalue weighted by atomic mass is 10.2. The minimum atomic E-state index is 0.531. The molecule has 0 amide bonds. The van der Waals surface area contributed by atoms with Gasteiger partial charge >= 0.3 is 0 Å². The molecule has 1 unspecified atom stereocenters. The number of thioether (sulfide) groups is 1. The monoisotopic (exact) mass is 293 g/mol. The zero-order valence-corrected chi connectivity index (χ0v) is 12.7. The molecule has 8 heteroatoms. The van der Waals surface area contributed by atoms with Crippen LogP contribution in [0.15, 0.2) is 18.7 Å². The Morgan fingerprint density at radius 3 is 2.75 bits per heavy atom. The lowest BCUT2D eigenvalue weighted by Crippen LogP contribution is -2.17. The van der Waals surface area contributed by atoms with Gasteiger partial charge < -0.3 is 10.6 Å². The van der Waals surface area contributed by atoms with Crippen LogP contribution in [0.4, 0.5) is 11.9 Å². The van der Waals surface area contributed by atoms with Crippen molar-refractivity contribution in [3.8, 4) is 5.95 Å². The summed E-state index contributed by atoms with van der Waals surface area (Å²) in [6.45, 7) is 3.03. The van der Waals surface area contributed by atoms with Crippen molar-refractivity contribution in [1.82, 2.24) is 24.5 Å². The van der Waals surface area contributed by atoms with Gasteiger partial charge in [0.05, 0.1) is 0 Å². The van der Waals surface area contributed by atoms with E-state index in [1.165, 1.54) is 0 Å². The van der Waals surface area contributed by atoms with Crippen LogP contribution in [0.2, 0.25) is 0 Å². The zero-order chi connectivity index (χ0) is 14.4.